The minimum atomic E-state index is 0. The first-order valence-corrected chi connectivity index (χ1v) is 0. The van der Waals surface area contributed by atoms with Gasteiger partial charge in [0.05, 0.1) is 0 Å². The summed E-state index contributed by atoms with van der Waals surface area (Å²) in [5.41, 5.74) is 0. The smallest absolute Gasteiger partial charge is 2.00 e. The van der Waals surface area contributed by atoms with E-state index in [1.54, 1.807) is 0 Å². The Hall–Kier alpha value is 1.88. The summed E-state index contributed by atoms with van der Waals surface area (Å²) < 4.78 is 0. The second kappa shape index (κ2) is 20.8. The average molecular weight is 264 g/mol. The summed E-state index contributed by atoms with van der Waals surface area (Å²) in [4.78, 5) is 0. The van der Waals surface area contributed by atoms with Crippen LogP contribution in [0.15, 0.2) is 0 Å². The Bertz CT molecular complexity index is 8.00. The Kier molecular flexibility index (Phi) is 206. The van der Waals surface area contributed by atoms with Crippen molar-refractivity contribution in [3.05, 3.63) is 0 Å². The Labute approximate surface area is 64.9 Å². The van der Waals surface area contributed by atoms with Crippen LogP contribution in [0.25, 0.3) is 0 Å². The molecule has 0 aliphatic carbocycles. The summed E-state index contributed by atoms with van der Waals surface area (Å²) in [6.07, 6.45) is 0. The first kappa shape index (κ1) is 39.6. The van der Waals surface area contributed by atoms with E-state index in [-0.39, 0.29) is 65.4 Å². The van der Waals surface area contributed by atoms with Gasteiger partial charge >= 0.3 is 59.9 Å². The van der Waals surface area contributed by atoms with Crippen molar-refractivity contribution in [2.75, 3.05) is 0 Å². The van der Waals surface area contributed by atoms with Gasteiger partial charge in [-0.05, 0) is 0 Å². The first-order chi connectivity index (χ1) is 0. The van der Waals surface area contributed by atoms with Crippen molar-refractivity contribution in [1.29, 1.82) is 0 Å². The fourth-order valence-corrected chi connectivity index (χ4v) is 0. The van der Waals surface area contributed by atoms with Crippen LogP contribution in [0.5, 0.6) is 0 Å². The Morgan fingerprint density at radius 3 is 1.00 bits per heavy atom. The van der Waals surface area contributed by atoms with E-state index in [0.717, 1.165) is 0 Å². The maximum absolute atomic E-state index is 0. The van der Waals surface area contributed by atoms with E-state index in [1.165, 1.54) is 0 Å². The van der Waals surface area contributed by atoms with Crippen molar-refractivity contribution in [2.24, 2.45) is 0 Å². The molecule has 0 rings (SSSR count). The maximum Gasteiger partial charge on any atom is 5.00 e. The molecule has 0 aromatic rings. The topological polar surface area (TPSA) is 28.5 Å². The van der Waals surface area contributed by atoms with Gasteiger partial charge in [-0.15, -0.1) is 0 Å². The molecule has 0 aliphatic rings. The third-order valence-electron chi connectivity index (χ3n) is 0. The molecule has 0 radical (unpaired) electrons. The zero-order chi connectivity index (χ0) is 0. The van der Waals surface area contributed by atoms with Gasteiger partial charge in [0.25, 0.3) is 0 Å². The average Bonchev–Trinajstić information content (AvgIpc) is 0. The standard InChI is InChI=1S/Mo.Nb.Ni.O/q+4;+5;+2;-2. The van der Waals surface area contributed by atoms with E-state index >= 15 is 0 Å². The van der Waals surface area contributed by atoms with Crippen LogP contribution in [0, 0.1) is 0 Å². The van der Waals surface area contributed by atoms with Gasteiger partial charge in [-0.2, -0.15) is 0 Å². The second-order valence-corrected chi connectivity index (χ2v) is 0. The number of hydrogen-bond donors (Lipinski definition) is 0. The third-order valence-corrected chi connectivity index (χ3v) is 0. The normalized spacial score (nSPS) is 0. The van der Waals surface area contributed by atoms with Crippen LogP contribution in [0.3, 0.4) is 0 Å². The van der Waals surface area contributed by atoms with Gasteiger partial charge in [-0.3, -0.25) is 0 Å². The molecule has 18 valence electrons. The molecule has 0 N–H and O–H groups in total. The van der Waals surface area contributed by atoms with Crippen LogP contribution in [-0.4, -0.2) is 0 Å². The van der Waals surface area contributed by atoms with Crippen LogP contribution in [0.4, 0.5) is 0 Å². The molecule has 0 aromatic carbocycles. The molecule has 0 spiro atoms. The summed E-state index contributed by atoms with van der Waals surface area (Å²) in [7, 11) is 0. The van der Waals surface area contributed by atoms with E-state index in [1.807, 2.05) is 0 Å². The van der Waals surface area contributed by atoms with Gasteiger partial charge in [0.2, 0.25) is 0 Å². The number of rotatable bonds is 0. The van der Waals surface area contributed by atoms with Gasteiger partial charge in [0, 0.05) is 0 Å². The van der Waals surface area contributed by atoms with E-state index in [0.29, 0.717) is 0 Å². The predicted molar refractivity (Wildman–Crippen MR) is 0.686 cm³/mol. The van der Waals surface area contributed by atoms with Crippen LogP contribution in [-0.2, 0) is 65.4 Å². The molecular weight excluding hydrogens is 264 g/mol. The van der Waals surface area contributed by atoms with Crippen molar-refractivity contribution in [3.8, 4) is 0 Å². The van der Waals surface area contributed by atoms with Crippen molar-refractivity contribution >= 4 is 0 Å². The van der Waals surface area contributed by atoms with Crippen molar-refractivity contribution in [1.82, 2.24) is 0 Å². The number of hydrogen-bond acceptors (Lipinski definition) is 0. The minimum Gasteiger partial charge on any atom is -2.00 e. The van der Waals surface area contributed by atoms with E-state index in [2.05, 4.69) is 0 Å². The molecule has 0 amide bonds. The molecule has 4 heavy (non-hydrogen) atoms. The Morgan fingerprint density at radius 1 is 1.00 bits per heavy atom. The molecule has 0 atom stereocenters. The molecule has 0 aliphatic heterocycles. The summed E-state index contributed by atoms with van der Waals surface area (Å²) >= 11 is 0. The summed E-state index contributed by atoms with van der Waals surface area (Å²) in [6.45, 7) is 0. The molecule has 0 aromatic heterocycles. The van der Waals surface area contributed by atoms with E-state index in [4.69, 9.17) is 0 Å². The molecule has 4 heteroatoms. The maximum atomic E-state index is 0. The molecule has 0 unspecified atom stereocenters. The van der Waals surface area contributed by atoms with Crippen LogP contribution in [0.2, 0.25) is 0 Å². The van der Waals surface area contributed by atoms with Gasteiger partial charge in [-0.25, -0.2) is 0 Å². The molecule has 0 heterocycles. The monoisotopic (exact) mass is 265 g/mol. The fraction of sp³-hybridized carbons (Fsp3) is 0. The van der Waals surface area contributed by atoms with Gasteiger partial charge in [0.15, 0.2) is 0 Å². The Morgan fingerprint density at radius 2 is 1.00 bits per heavy atom. The third kappa shape index (κ3) is 9.10. The molecule has 0 fully saturated rings. The predicted octanol–water partition coefficient (Wildman–Crippen LogP) is -0.126. The Balaban J connectivity index is 0. The van der Waals surface area contributed by atoms with Crippen molar-refractivity contribution in [2.45, 2.75) is 0 Å². The van der Waals surface area contributed by atoms with Crippen LogP contribution in [0.1, 0.15) is 0 Å². The zero-order valence-electron chi connectivity index (χ0n) is 1.58. The van der Waals surface area contributed by atoms with Crippen molar-refractivity contribution < 1.29 is 65.4 Å². The molecule has 0 saturated heterocycles. The van der Waals surface area contributed by atoms with Crippen LogP contribution >= 0.6 is 0 Å². The summed E-state index contributed by atoms with van der Waals surface area (Å²) in [5, 5.41) is 0. The molecule has 0 saturated carbocycles. The van der Waals surface area contributed by atoms with Gasteiger partial charge in [0.1, 0.15) is 0 Å². The SMILES string of the molecule is [Mo+4].[Nb+5].[Ni+2].[O-2]. The summed E-state index contributed by atoms with van der Waals surface area (Å²) in [6, 6.07) is 0. The van der Waals surface area contributed by atoms with E-state index < -0.39 is 0 Å². The quantitative estimate of drug-likeness (QED) is 0.545. The second-order valence-electron chi connectivity index (χ2n) is 0. The first-order valence-electron chi connectivity index (χ1n) is 0. The molecule has 1 nitrogen and oxygen atoms in total. The fourth-order valence-electron chi connectivity index (χ4n) is 0. The summed E-state index contributed by atoms with van der Waals surface area (Å²) in [5.74, 6) is 0. The van der Waals surface area contributed by atoms with Crippen LogP contribution < -0.4 is 0 Å². The minimum absolute atomic E-state index is 0. The van der Waals surface area contributed by atoms with Crippen molar-refractivity contribution in [3.63, 3.8) is 0 Å². The largest absolute Gasteiger partial charge is 5.00 e. The zero-order valence-corrected chi connectivity index (χ0v) is 6.77. The van der Waals surface area contributed by atoms with E-state index in [9.17, 15) is 0 Å². The molecule has 0 bridgehead atoms. The van der Waals surface area contributed by atoms with Gasteiger partial charge in [-0.1, -0.05) is 0 Å². The van der Waals surface area contributed by atoms with Gasteiger partial charge < -0.3 is 5.48 Å². The molecular formula is MoNbNiO+9.